The molecule has 5 rings (SSSR count). The summed E-state index contributed by atoms with van der Waals surface area (Å²) in [6.07, 6.45) is 2.77. The number of esters is 1. The third kappa shape index (κ3) is 4.38. The summed E-state index contributed by atoms with van der Waals surface area (Å²) in [6.45, 7) is 7.25. The average molecular weight is 521 g/mol. The number of hydrogen-bond donors (Lipinski definition) is 0. The second-order valence-corrected chi connectivity index (χ2v) is 8.84. The van der Waals surface area contributed by atoms with Crippen molar-refractivity contribution < 1.29 is 33.4 Å². The predicted octanol–water partition coefficient (Wildman–Crippen LogP) is 2.44. The van der Waals surface area contributed by atoms with Gasteiger partial charge in [0.2, 0.25) is 5.78 Å². The summed E-state index contributed by atoms with van der Waals surface area (Å²) < 4.78 is 18.0. The number of rotatable bonds is 7. The first-order valence-electron chi connectivity index (χ1n) is 12.6. The highest BCUT2D eigenvalue weighted by atomic mass is 16.6. The molecule has 1 saturated heterocycles. The number of carbonyl (C=O) groups is 4. The van der Waals surface area contributed by atoms with E-state index in [4.69, 9.17) is 14.2 Å². The zero-order chi connectivity index (χ0) is 26.8. The Morgan fingerprint density at radius 1 is 0.974 bits per heavy atom. The van der Waals surface area contributed by atoms with Gasteiger partial charge in [-0.1, -0.05) is 0 Å². The first-order valence-corrected chi connectivity index (χ1v) is 12.6. The summed E-state index contributed by atoms with van der Waals surface area (Å²) >= 11 is 0. The number of ether oxygens (including phenoxy) is 3. The lowest BCUT2D eigenvalue weighted by Crippen LogP contribution is -2.49. The minimum absolute atomic E-state index is 0.0000808. The molecule has 198 valence electrons. The van der Waals surface area contributed by atoms with Crippen LogP contribution in [0, 0.1) is 0 Å². The highest BCUT2D eigenvalue weighted by Crippen LogP contribution is 2.37. The van der Waals surface area contributed by atoms with Crippen LogP contribution in [0.3, 0.4) is 0 Å². The van der Waals surface area contributed by atoms with Gasteiger partial charge in [0.15, 0.2) is 5.78 Å². The zero-order valence-corrected chi connectivity index (χ0v) is 21.3. The number of aromatic nitrogens is 2. The first-order chi connectivity index (χ1) is 18.5. The summed E-state index contributed by atoms with van der Waals surface area (Å²) in [5.74, 6) is -1.25. The minimum Gasteiger partial charge on any atom is -0.490 e. The van der Waals surface area contributed by atoms with Crippen LogP contribution >= 0.6 is 0 Å². The molecule has 0 unspecified atom stereocenters. The molecule has 3 aromatic heterocycles. The first kappa shape index (κ1) is 25.4. The van der Waals surface area contributed by atoms with E-state index in [1.807, 2.05) is 0 Å². The summed E-state index contributed by atoms with van der Waals surface area (Å²) in [7, 11) is 0. The molecule has 38 heavy (non-hydrogen) atoms. The maximum atomic E-state index is 13.5. The zero-order valence-electron chi connectivity index (χ0n) is 21.3. The monoisotopic (exact) mass is 520 g/mol. The average Bonchev–Trinajstić information content (AvgIpc) is 3.29. The van der Waals surface area contributed by atoms with Crippen molar-refractivity contribution in [1.29, 1.82) is 0 Å². The number of ketones is 2. The number of amides is 1. The Morgan fingerprint density at radius 2 is 1.74 bits per heavy atom. The van der Waals surface area contributed by atoms with Crippen molar-refractivity contribution in [2.24, 2.45) is 0 Å². The van der Waals surface area contributed by atoms with Crippen molar-refractivity contribution in [2.75, 3.05) is 52.5 Å². The van der Waals surface area contributed by atoms with Crippen LogP contribution in [0.1, 0.15) is 56.3 Å². The van der Waals surface area contributed by atoms with E-state index in [1.165, 1.54) is 16.7 Å². The van der Waals surface area contributed by atoms with E-state index in [0.29, 0.717) is 57.2 Å². The third-order valence-corrected chi connectivity index (χ3v) is 6.67. The molecule has 1 aliphatic heterocycles. The quantitative estimate of drug-likeness (QED) is 0.338. The molecule has 4 heterocycles. The fourth-order valence-corrected chi connectivity index (χ4v) is 4.91. The lowest BCUT2D eigenvalue weighted by Gasteiger charge is -2.33. The molecule has 11 nitrogen and oxygen atoms in total. The van der Waals surface area contributed by atoms with Crippen molar-refractivity contribution >= 4 is 29.1 Å². The number of pyridine rings is 2. The Bertz CT molecular complexity index is 1420. The fourth-order valence-electron chi connectivity index (χ4n) is 4.91. The Labute approximate surface area is 218 Å². The van der Waals surface area contributed by atoms with Crippen LogP contribution in [-0.4, -0.2) is 95.4 Å². The molecule has 1 amide bonds. The number of carbonyl (C=O) groups excluding carboxylic acids is 4. The molecule has 0 saturated carbocycles. The van der Waals surface area contributed by atoms with Crippen LogP contribution in [-0.2, 0) is 9.47 Å². The van der Waals surface area contributed by atoms with Gasteiger partial charge in [-0.3, -0.25) is 19.5 Å². The normalized spacial score (nSPS) is 15.3. The number of hydrogen-bond acceptors (Lipinski definition) is 9. The van der Waals surface area contributed by atoms with Gasteiger partial charge in [0.05, 0.1) is 24.3 Å². The smallest absolute Gasteiger partial charge is 0.409 e. The van der Waals surface area contributed by atoms with Crippen LogP contribution in [0.15, 0.2) is 36.7 Å². The van der Waals surface area contributed by atoms with Crippen molar-refractivity contribution in [2.45, 2.75) is 13.8 Å². The molecule has 0 radical (unpaired) electrons. The largest absolute Gasteiger partial charge is 0.490 e. The maximum absolute atomic E-state index is 13.5. The summed E-state index contributed by atoms with van der Waals surface area (Å²) in [4.78, 5) is 60.0. The van der Waals surface area contributed by atoms with Gasteiger partial charge in [-0.15, -0.1) is 0 Å². The van der Waals surface area contributed by atoms with Crippen molar-refractivity contribution in [1.82, 2.24) is 19.2 Å². The minimum atomic E-state index is -0.703. The van der Waals surface area contributed by atoms with Gasteiger partial charge in [-0.05, 0) is 38.1 Å². The van der Waals surface area contributed by atoms with Gasteiger partial charge in [0.25, 0.3) is 0 Å². The van der Waals surface area contributed by atoms with Crippen LogP contribution in [0.4, 0.5) is 4.79 Å². The molecule has 0 atom stereocenters. The molecule has 0 aromatic carbocycles. The highest BCUT2D eigenvalue weighted by Gasteiger charge is 2.40. The van der Waals surface area contributed by atoms with Crippen molar-refractivity contribution in [3.05, 3.63) is 64.7 Å². The van der Waals surface area contributed by atoms with E-state index in [2.05, 4.69) is 9.88 Å². The van der Waals surface area contributed by atoms with Gasteiger partial charge < -0.3 is 23.5 Å². The molecular formula is C27H28N4O7. The molecule has 0 bridgehead atoms. The Balaban J connectivity index is 1.43. The van der Waals surface area contributed by atoms with Crippen LogP contribution < -0.4 is 4.74 Å². The van der Waals surface area contributed by atoms with Gasteiger partial charge in [0.1, 0.15) is 34.8 Å². The summed E-state index contributed by atoms with van der Waals surface area (Å²) in [5.41, 5.74) is 0.579. The van der Waals surface area contributed by atoms with E-state index < -0.39 is 17.5 Å². The standard InChI is InChI=1S/C27H28N4O7/c1-3-36-26(34)20-19-23(25(33)21-17(24(19)32)7-5-9-28-21)31-10-6-8-18(22(20)31)38-16-15-29-11-13-30(14-12-29)27(35)37-4-2/h5-10H,3-4,11-16H2,1-2H3. The van der Waals surface area contributed by atoms with Crippen LogP contribution in [0.25, 0.3) is 5.52 Å². The second kappa shape index (κ2) is 10.6. The molecule has 3 aromatic rings. The lowest BCUT2D eigenvalue weighted by atomic mass is 9.89. The molecule has 11 heteroatoms. The lowest BCUT2D eigenvalue weighted by molar-refractivity contribution is 0.0525. The van der Waals surface area contributed by atoms with Gasteiger partial charge in [-0.2, -0.15) is 0 Å². The maximum Gasteiger partial charge on any atom is 0.409 e. The van der Waals surface area contributed by atoms with Gasteiger partial charge >= 0.3 is 12.1 Å². The highest BCUT2D eigenvalue weighted by molar-refractivity contribution is 6.31. The molecule has 2 aliphatic rings. The second-order valence-electron chi connectivity index (χ2n) is 8.84. The number of piperazine rings is 1. The van der Waals surface area contributed by atoms with E-state index in [1.54, 1.807) is 43.1 Å². The van der Waals surface area contributed by atoms with Crippen LogP contribution in [0.5, 0.6) is 5.75 Å². The topological polar surface area (TPSA) is 120 Å². The third-order valence-electron chi connectivity index (χ3n) is 6.67. The van der Waals surface area contributed by atoms with Crippen LogP contribution in [0.2, 0.25) is 0 Å². The molecule has 0 spiro atoms. The summed E-state index contributed by atoms with van der Waals surface area (Å²) in [6, 6.07) is 6.50. The molecular weight excluding hydrogens is 492 g/mol. The molecule has 1 fully saturated rings. The fraction of sp³-hybridized carbons (Fsp3) is 0.370. The van der Waals surface area contributed by atoms with Crippen molar-refractivity contribution in [3.8, 4) is 5.75 Å². The Hall–Kier alpha value is -4.25. The van der Waals surface area contributed by atoms with Gasteiger partial charge in [-0.25, -0.2) is 9.59 Å². The van der Waals surface area contributed by atoms with Crippen molar-refractivity contribution in [3.63, 3.8) is 0 Å². The SMILES string of the molecule is CCOC(=O)c1c2c(n3cccc(OCCN4CCN(C(=O)OCC)CC4)c13)C(=O)c1ncccc1C2=O. The van der Waals surface area contributed by atoms with Gasteiger partial charge in [0, 0.05) is 45.1 Å². The van der Waals surface area contributed by atoms with E-state index in [0.717, 1.165) is 0 Å². The molecule has 1 aliphatic carbocycles. The molecule has 0 N–H and O–H groups in total. The van der Waals surface area contributed by atoms with E-state index in [9.17, 15) is 19.2 Å². The number of nitrogens with zero attached hydrogens (tertiary/aromatic N) is 4. The Morgan fingerprint density at radius 3 is 2.47 bits per heavy atom. The van der Waals surface area contributed by atoms with E-state index in [-0.39, 0.29) is 40.8 Å². The Kier molecular flexibility index (Phi) is 7.10. The van der Waals surface area contributed by atoms with E-state index >= 15 is 0 Å². The number of fused-ring (bicyclic) bond motifs is 4. The summed E-state index contributed by atoms with van der Waals surface area (Å²) in [5, 5.41) is 0. The predicted molar refractivity (Wildman–Crippen MR) is 135 cm³/mol.